The van der Waals surface area contributed by atoms with Gasteiger partial charge in [-0.25, -0.2) is 4.39 Å². The molecule has 7 heteroatoms. The molecule has 0 N–H and O–H groups in total. The highest BCUT2D eigenvalue weighted by Gasteiger charge is 2.34. The Bertz CT molecular complexity index is 945. The van der Waals surface area contributed by atoms with Gasteiger partial charge in [0.05, 0.1) is 0 Å². The fourth-order valence-electron chi connectivity index (χ4n) is 3.05. The van der Waals surface area contributed by atoms with E-state index in [1.165, 1.54) is 12.1 Å². The van der Waals surface area contributed by atoms with Gasteiger partial charge in [0.25, 0.3) is 5.89 Å². The molecule has 1 amide bonds. The normalized spacial score (nSPS) is 17.1. The van der Waals surface area contributed by atoms with E-state index >= 15 is 0 Å². The Kier molecular flexibility index (Phi) is 4.42. The van der Waals surface area contributed by atoms with E-state index in [-0.39, 0.29) is 11.8 Å². The largest absolute Gasteiger partial charge is 0.338 e. The molecule has 1 atom stereocenters. The number of hydrogen-bond donors (Lipinski definition) is 0. The predicted molar refractivity (Wildman–Crippen MR) is 93.9 cm³/mol. The molecule has 26 heavy (non-hydrogen) atoms. The van der Waals surface area contributed by atoms with Gasteiger partial charge in [-0.1, -0.05) is 41.0 Å². The first-order chi connectivity index (χ1) is 12.6. The van der Waals surface area contributed by atoms with Gasteiger partial charge in [0.2, 0.25) is 5.91 Å². The van der Waals surface area contributed by atoms with E-state index in [2.05, 4.69) is 10.1 Å². The van der Waals surface area contributed by atoms with Gasteiger partial charge in [-0.05, 0) is 29.8 Å². The van der Waals surface area contributed by atoms with Gasteiger partial charge in [-0.15, -0.1) is 0 Å². The fraction of sp³-hybridized carbons (Fsp3) is 0.211. The van der Waals surface area contributed by atoms with Crippen LogP contribution in [0.15, 0.2) is 53.1 Å². The smallest absolute Gasteiger partial charge is 0.257 e. The van der Waals surface area contributed by atoms with Crippen LogP contribution in [0.1, 0.15) is 23.7 Å². The molecule has 0 spiro atoms. The van der Waals surface area contributed by atoms with Crippen LogP contribution in [-0.2, 0) is 11.3 Å². The van der Waals surface area contributed by atoms with Crippen LogP contribution >= 0.6 is 11.6 Å². The third-order valence-corrected chi connectivity index (χ3v) is 4.77. The Hall–Kier alpha value is -2.73. The van der Waals surface area contributed by atoms with E-state index in [1.807, 2.05) is 30.3 Å². The van der Waals surface area contributed by atoms with Crippen molar-refractivity contribution in [2.75, 3.05) is 6.54 Å². The highest BCUT2D eigenvalue weighted by atomic mass is 35.5. The summed E-state index contributed by atoms with van der Waals surface area (Å²) in [6.07, 6.45) is 0.312. The highest BCUT2D eigenvalue weighted by Crippen LogP contribution is 2.30. The third-order valence-electron chi connectivity index (χ3n) is 4.42. The van der Waals surface area contributed by atoms with Crippen LogP contribution in [-0.4, -0.2) is 27.5 Å². The monoisotopic (exact) mass is 371 g/mol. The van der Waals surface area contributed by atoms with E-state index in [1.54, 1.807) is 11.0 Å². The summed E-state index contributed by atoms with van der Waals surface area (Å²) in [4.78, 5) is 18.5. The van der Waals surface area contributed by atoms with E-state index in [0.29, 0.717) is 41.8 Å². The van der Waals surface area contributed by atoms with Crippen LogP contribution in [0.2, 0.25) is 5.02 Å². The summed E-state index contributed by atoms with van der Waals surface area (Å²) in [5.74, 6) is 0.409. The summed E-state index contributed by atoms with van der Waals surface area (Å²) < 4.78 is 18.5. The molecule has 3 aromatic rings. The van der Waals surface area contributed by atoms with Crippen LogP contribution in [0.4, 0.5) is 4.39 Å². The molecule has 1 fully saturated rings. The zero-order valence-electron chi connectivity index (χ0n) is 13.7. The first-order valence-corrected chi connectivity index (χ1v) is 8.58. The maximum Gasteiger partial charge on any atom is 0.257 e. The van der Waals surface area contributed by atoms with Crippen LogP contribution < -0.4 is 0 Å². The summed E-state index contributed by atoms with van der Waals surface area (Å²) in [6.45, 7) is 0.804. The minimum atomic E-state index is -0.399. The lowest BCUT2D eigenvalue weighted by Crippen LogP contribution is -2.24. The Balaban J connectivity index is 1.49. The first kappa shape index (κ1) is 16.7. The van der Waals surface area contributed by atoms with Crippen molar-refractivity contribution in [2.24, 2.45) is 0 Å². The molecule has 0 aliphatic carbocycles. The molecule has 0 bridgehead atoms. The second-order valence-electron chi connectivity index (χ2n) is 6.23. The summed E-state index contributed by atoms with van der Waals surface area (Å²) >= 11 is 6.06. The molecule has 132 valence electrons. The van der Waals surface area contributed by atoms with Crippen molar-refractivity contribution in [3.63, 3.8) is 0 Å². The minimum Gasteiger partial charge on any atom is -0.338 e. The molecule has 1 aliphatic heterocycles. The van der Waals surface area contributed by atoms with Crippen LogP contribution in [0.5, 0.6) is 0 Å². The number of likely N-dealkylation sites (tertiary alicyclic amines) is 1. The number of hydrogen-bond acceptors (Lipinski definition) is 4. The number of amides is 1. The number of carbonyl (C=O) groups excluding carboxylic acids is 1. The maximum atomic E-state index is 13.2. The summed E-state index contributed by atoms with van der Waals surface area (Å²) in [7, 11) is 0. The molecule has 0 saturated carbocycles. The topological polar surface area (TPSA) is 59.2 Å². The van der Waals surface area contributed by atoms with Crippen molar-refractivity contribution < 1.29 is 13.7 Å². The lowest BCUT2D eigenvalue weighted by atomic mass is 10.1. The van der Waals surface area contributed by atoms with E-state index < -0.39 is 5.82 Å². The van der Waals surface area contributed by atoms with Gasteiger partial charge in [0.1, 0.15) is 5.82 Å². The number of halogens is 2. The van der Waals surface area contributed by atoms with E-state index in [0.717, 1.165) is 5.56 Å². The standard InChI is InChI=1S/C19H15ClFN3O2/c20-16-9-15(21)7-6-13(16)10-24-11-14(8-17(24)25)18-22-19(26-23-18)12-4-2-1-3-5-12/h1-7,9,14H,8,10-11H2. The number of rotatable bonds is 4. The second kappa shape index (κ2) is 6.88. The van der Waals surface area contributed by atoms with Crippen molar-refractivity contribution in [1.29, 1.82) is 0 Å². The Morgan fingerprint density at radius 2 is 2.04 bits per heavy atom. The average Bonchev–Trinajstić information content (AvgIpc) is 3.25. The van der Waals surface area contributed by atoms with Gasteiger partial charge in [-0.3, -0.25) is 4.79 Å². The maximum absolute atomic E-state index is 13.2. The van der Waals surface area contributed by atoms with Crippen LogP contribution in [0.25, 0.3) is 11.5 Å². The first-order valence-electron chi connectivity index (χ1n) is 8.21. The van der Waals surface area contributed by atoms with Crippen LogP contribution in [0, 0.1) is 5.82 Å². The van der Waals surface area contributed by atoms with E-state index in [4.69, 9.17) is 16.1 Å². The highest BCUT2D eigenvalue weighted by molar-refractivity contribution is 6.31. The molecule has 1 aliphatic rings. The number of nitrogens with zero attached hydrogens (tertiary/aromatic N) is 3. The lowest BCUT2D eigenvalue weighted by Gasteiger charge is -2.17. The third kappa shape index (κ3) is 3.32. The molecule has 1 aromatic heterocycles. The molecular weight excluding hydrogens is 357 g/mol. The van der Waals surface area contributed by atoms with Crippen molar-refractivity contribution in [2.45, 2.75) is 18.9 Å². The predicted octanol–water partition coefficient (Wildman–Crippen LogP) is 4.05. The molecular formula is C19H15ClFN3O2. The number of aromatic nitrogens is 2. The van der Waals surface area contributed by atoms with Crippen molar-refractivity contribution >= 4 is 17.5 Å². The molecule has 1 unspecified atom stereocenters. The second-order valence-corrected chi connectivity index (χ2v) is 6.64. The zero-order valence-corrected chi connectivity index (χ0v) is 14.5. The average molecular weight is 372 g/mol. The van der Waals surface area contributed by atoms with Crippen molar-refractivity contribution in [1.82, 2.24) is 15.0 Å². The SMILES string of the molecule is O=C1CC(c2noc(-c3ccccc3)n2)CN1Cc1ccc(F)cc1Cl. The lowest BCUT2D eigenvalue weighted by molar-refractivity contribution is -0.128. The number of carbonyl (C=O) groups is 1. The Labute approximate surface area is 154 Å². The van der Waals surface area contributed by atoms with Gasteiger partial charge >= 0.3 is 0 Å². The Morgan fingerprint density at radius 1 is 1.23 bits per heavy atom. The molecule has 0 radical (unpaired) electrons. The molecule has 1 saturated heterocycles. The zero-order chi connectivity index (χ0) is 18.1. The summed E-state index contributed by atoms with van der Waals surface area (Å²) in [6, 6.07) is 13.7. The molecule has 2 aromatic carbocycles. The molecule has 4 rings (SSSR count). The minimum absolute atomic E-state index is 0.0125. The van der Waals surface area contributed by atoms with Crippen LogP contribution in [0.3, 0.4) is 0 Å². The summed E-state index contributed by atoms with van der Waals surface area (Å²) in [5, 5.41) is 4.35. The van der Waals surface area contributed by atoms with E-state index in [9.17, 15) is 9.18 Å². The van der Waals surface area contributed by atoms with Crippen molar-refractivity contribution in [3.05, 3.63) is 70.8 Å². The van der Waals surface area contributed by atoms with Gasteiger partial charge < -0.3 is 9.42 Å². The fourth-order valence-corrected chi connectivity index (χ4v) is 3.28. The molecule has 2 heterocycles. The summed E-state index contributed by atoms with van der Waals surface area (Å²) in [5.41, 5.74) is 1.55. The Morgan fingerprint density at radius 3 is 2.81 bits per heavy atom. The quantitative estimate of drug-likeness (QED) is 0.694. The van der Waals surface area contributed by atoms with Gasteiger partial charge in [0.15, 0.2) is 5.82 Å². The van der Waals surface area contributed by atoms with Gasteiger partial charge in [0, 0.05) is 36.0 Å². The number of benzene rings is 2. The van der Waals surface area contributed by atoms with Crippen molar-refractivity contribution in [3.8, 4) is 11.5 Å². The van der Waals surface area contributed by atoms with Gasteiger partial charge in [-0.2, -0.15) is 4.98 Å². The molecule has 5 nitrogen and oxygen atoms in total.